The predicted molar refractivity (Wildman–Crippen MR) is 73.4 cm³/mol. The van der Waals surface area contributed by atoms with E-state index in [0.717, 1.165) is 18.7 Å². The molecular formula is C13H18FN3O3S. The van der Waals surface area contributed by atoms with Crippen LogP contribution in [-0.2, 0) is 22.1 Å². The van der Waals surface area contributed by atoms with Gasteiger partial charge in [-0.05, 0) is 18.8 Å². The van der Waals surface area contributed by atoms with Crippen LogP contribution < -0.4 is 0 Å². The molecule has 1 saturated heterocycles. The summed E-state index contributed by atoms with van der Waals surface area (Å²) in [4.78, 5) is 18.2. The molecule has 1 aromatic rings. The molecule has 1 amide bonds. The molecule has 1 saturated carbocycles. The maximum Gasteiger partial charge on any atom is 0.302 e. The van der Waals surface area contributed by atoms with E-state index in [9.17, 15) is 17.1 Å². The van der Waals surface area contributed by atoms with Crippen LogP contribution in [-0.4, -0.2) is 41.1 Å². The Morgan fingerprint density at radius 2 is 2.19 bits per heavy atom. The first-order valence-electron chi connectivity index (χ1n) is 7.04. The van der Waals surface area contributed by atoms with Crippen molar-refractivity contribution in [2.24, 2.45) is 18.9 Å². The quantitative estimate of drug-likeness (QED) is 0.761. The van der Waals surface area contributed by atoms with Crippen molar-refractivity contribution in [2.45, 2.75) is 25.3 Å². The average Bonchev–Trinajstić information content (AvgIpc) is 3.01. The molecule has 0 bridgehead atoms. The normalized spacial score (nSPS) is 24.6. The van der Waals surface area contributed by atoms with E-state index in [2.05, 4.69) is 4.98 Å². The second-order valence-electron chi connectivity index (χ2n) is 6.00. The van der Waals surface area contributed by atoms with Crippen molar-refractivity contribution in [3.63, 3.8) is 0 Å². The fourth-order valence-corrected chi connectivity index (χ4v) is 3.94. The minimum atomic E-state index is -4.55. The fraction of sp³-hybridized carbons (Fsp3) is 0.692. The summed E-state index contributed by atoms with van der Waals surface area (Å²) in [6.07, 6.45) is 5.68. The number of aromatic nitrogens is 2. The summed E-state index contributed by atoms with van der Waals surface area (Å²) in [7, 11) is -2.67. The van der Waals surface area contributed by atoms with Crippen LogP contribution in [0, 0.1) is 11.8 Å². The highest BCUT2D eigenvalue weighted by atomic mass is 32.3. The van der Waals surface area contributed by atoms with Crippen LogP contribution in [0.15, 0.2) is 12.4 Å². The average molecular weight is 315 g/mol. The Kier molecular flexibility index (Phi) is 3.51. The Balaban J connectivity index is 1.81. The van der Waals surface area contributed by atoms with Crippen molar-refractivity contribution in [1.82, 2.24) is 14.5 Å². The Hall–Kier alpha value is -1.44. The van der Waals surface area contributed by atoms with E-state index in [1.54, 1.807) is 11.1 Å². The van der Waals surface area contributed by atoms with Crippen molar-refractivity contribution in [1.29, 1.82) is 0 Å². The number of aryl methyl sites for hydroxylation is 1. The molecule has 2 aliphatic rings. The zero-order chi connectivity index (χ0) is 15.2. The zero-order valence-electron chi connectivity index (χ0n) is 11.8. The summed E-state index contributed by atoms with van der Waals surface area (Å²) >= 11 is 0. The summed E-state index contributed by atoms with van der Waals surface area (Å²) in [6.45, 7) is 0.288. The number of imidazole rings is 1. The molecule has 0 N–H and O–H groups in total. The largest absolute Gasteiger partial charge is 0.336 e. The molecule has 1 aromatic heterocycles. The molecule has 2 heterocycles. The van der Waals surface area contributed by atoms with Crippen molar-refractivity contribution < 1.29 is 17.1 Å². The van der Waals surface area contributed by atoms with Crippen LogP contribution in [0.5, 0.6) is 0 Å². The highest BCUT2D eigenvalue weighted by Gasteiger charge is 2.44. The van der Waals surface area contributed by atoms with Crippen molar-refractivity contribution >= 4 is 16.1 Å². The van der Waals surface area contributed by atoms with Gasteiger partial charge in [0.05, 0.1) is 11.8 Å². The molecule has 116 valence electrons. The van der Waals surface area contributed by atoms with Crippen LogP contribution in [0.2, 0.25) is 0 Å². The lowest BCUT2D eigenvalue weighted by molar-refractivity contribution is -0.130. The monoisotopic (exact) mass is 315 g/mol. The van der Waals surface area contributed by atoms with E-state index < -0.39 is 21.9 Å². The first kappa shape index (κ1) is 14.5. The third kappa shape index (κ3) is 3.09. The number of carbonyl (C=O) groups is 1. The molecule has 0 aromatic carbocycles. The van der Waals surface area contributed by atoms with Gasteiger partial charge in [-0.2, -0.15) is 8.42 Å². The number of likely N-dealkylation sites (tertiary alicyclic amines) is 1. The van der Waals surface area contributed by atoms with Gasteiger partial charge in [0, 0.05) is 38.3 Å². The van der Waals surface area contributed by atoms with Crippen LogP contribution in [0.25, 0.3) is 0 Å². The molecular weight excluding hydrogens is 297 g/mol. The summed E-state index contributed by atoms with van der Waals surface area (Å²) in [5.74, 6) is 0.0377. The summed E-state index contributed by atoms with van der Waals surface area (Å²) < 4.78 is 36.3. The Morgan fingerprint density at radius 3 is 2.71 bits per heavy atom. The molecule has 1 aliphatic heterocycles. The van der Waals surface area contributed by atoms with Gasteiger partial charge >= 0.3 is 10.2 Å². The van der Waals surface area contributed by atoms with Crippen LogP contribution >= 0.6 is 0 Å². The number of amides is 1. The minimum Gasteiger partial charge on any atom is -0.336 e. The summed E-state index contributed by atoms with van der Waals surface area (Å²) in [5.41, 5.74) is 0. The molecule has 2 fully saturated rings. The minimum absolute atomic E-state index is 0.0940. The zero-order valence-corrected chi connectivity index (χ0v) is 12.6. The lowest BCUT2D eigenvalue weighted by Gasteiger charge is -2.27. The first-order chi connectivity index (χ1) is 9.85. The van der Waals surface area contributed by atoms with Crippen molar-refractivity contribution in [3.05, 3.63) is 18.2 Å². The maximum atomic E-state index is 12.8. The molecule has 6 nitrogen and oxygen atoms in total. The fourth-order valence-electron chi connectivity index (χ4n) is 3.15. The topological polar surface area (TPSA) is 72.3 Å². The first-order valence-corrected chi connectivity index (χ1v) is 8.59. The third-order valence-corrected chi connectivity index (χ3v) is 5.07. The van der Waals surface area contributed by atoms with E-state index in [0.29, 0.717) is 5.92 Å². The number of hydrogen-bond acceptors (Lipinski definition) is 4. The molecule has 0 spiro atoms. The number of carbonyl (C=O) groups excluding carboxylic acids is 1. The summed E-state index contributed by atoms with van der Waals surface area (Å²) in [6, 6.07) is -0.121. The second kappa shape index (κ2) is 5.08. The molecule has 2 atom stereocenters. The maximum absolute atomic E-state index is 12.8. The van der Waals surface area contributed by atoms with Gasteiger partial charge in [0.2, 0.25) is 5.91 Å². The number of rotatable bonds is 5. The Morgan fingerprint density at radius 1 is 1.48 bits per heavy atom. The predicted octanol–water partition coefficient (Wildman–Crippen LogP) is 1.02. The van der Waals surface area contributed by atoms with Crippen LogP contribution in [0.1, 0.15) is 31.1 Å². The van der Waals surface area contributed by atoms with E-state index in [-0.39, 0.29) is 24.9 Å². The van der Waals surface area contributed by atoms with Crippen molar-refractivity contribution in [2.75, 3.05) is 12.3 Å². The van der Waals surface area contributed by atoms with E-state index in [1.807, 2.05) is 17.8 Å². The summed E-state index contributed by atoms with van der Waals surface area (Å²) in [5, 5.41) is 0. The van der Waals surface area contributed by atoms with Gasteiger partial charge in [0.1, 0.15) is 5.82 Å². The standard InChI is InChI=1S/C13H18FN3O3S/c1-16-5-4-15-13(16)12(10-2-3-10)17-7-9(6-11(17)18)8-21(14,19)20/h4-5,9-10,12H,2-3,6-8H2,1H3. The van der Waals surface area contributed by atoms with Crippen LogP contribution in [0.4, 0.5) is 3.89 Å². The van der Waals surface area contributed by atoms with Gasteiger partial charge in [0.25, 0.3) is 0 Å². The molecule has 2 unspecified atom stereocenters. The molecule has 0 radical (unpaired) electrons. The van der Waals surface area contributed by atoms with Gasteiger partial charge < -0.3 is 9.47 Å². The van der Waals surface area contributed by atoms with Gasteiger partial charge in [0.15, 0.2) is 0 Å². The Bertz CT molecular complexity index is 653. The van der Waals surface area contributed by atoms with E-state index in [4.69, 9.17) is 0 Å². The highest BCUT2D eigenvalue weighted by molar-refractivity contribution is 7.86. The highest BCUT2D eigenvalue weighted by Crippen LogP contribution is 2.45. The number of hydrogen-bond donors (Lipinski definition) is 0. The number of halogens is 1. The lowest BCUT2D eigenvalue weighted by Crippen LogP contribution is -2.33. The van der Waals surface area contributed by atoms with E-state index in [1.165, 1.54) is 0 Å². The van der Waals surface area contributed by atoms with Crippen LogP contribution in [0.3, 0.4) is 0 Å². The van der Waals surface area contributed by atoms with Gasteiger partial charge in [-0.3, -0.25) is 4.79 Å². The Labute approximate surface area is 123 Å². The molecule has 21 heavy (non-hydrogen) atoms. The molecule has 8 heteroatoms. The number of nitrogens with zero attached hydrogens (tertiary/aromatic N) is 3. The second-order valence-corrected chi connectivity index (χ2v) is 7.41. The van der Waals surface area contributed by atoms with Gasteiger partial charge in [-0.1, -0.05) is 0 Å². The SMILES string of the molecule is Cn1ccnc1C(C1CC1)N1CC(CS(=O)(=O)F)CC1=O. The third-order valence-electron chi connectivity index (χ3n) is 4.20. The smallest absolute Gasteiger partial charge is 0.302 e. The lowest BCUT2D eigenvalue weighted by atomic mass is 10.1. The van der Waals surface area contributed by atoms with Gasteiger partial charge in [-0.15, -0.1) is 3.89 Å². The molecule has 1 aliphatic carbocycles. The molecule has 3 rings (SSSR count). The van der Waals surface area contributed by atoms with E-state index >= 15 is 0 Å². The van der Waals surface area contributed by atoms with Crippen molar-refractivity contribution in [3.8, 4) is 0 Å². The van der Waals surface area contributed by atoms with Gasteiger partial charge in [-0.25, -0.2) is 4.98 Å².